The lowest BCUT2D eigenvalue weighted by Gasteiger charge is -2.24. The van der Waals surface area contributed by atoms with Gasteiger partial charge >= 0.3 is 0 Å². The number of ether oxygens (including phenoxy) is 1. The Morgan fingerprint density at radius 3 is 2.80 bits per heavy atom. The summed E-state index contributed by atoms with van der Waals surface area (Å²) in [5.74, 6) is -0.376. The second-order valence-corrected chi connectivity index (χ2v) is 5.69. The minimum absolute atomic E-state index is 0.0734. The molecule has 0 aromatic heterocycles. The third-order valence-electron chi connectivity index (χ3n) is 3.89. The van der Waals surface area contributed by atoms with Crippen molar-refractivity contribution in [3.63, 3.8) is 0 Å². The van der Waals surface area contributed by atoms with Crippen LogP contribution in [-0.2, 0) is 12.8 Å². The second-order valence-electron chi connectivity index (χ2n) is 5.69. The van der Waals surface area contributed by atoms with Crippen LogP contribution in [0.15, 0.2) is 18.2 Å². The van der Waals surface area contributed by atoms with E-state index in [2.05, 4.69) is 6.92 Å². The molecule has 2 aromatic rings. The van der Waals surface area contributed by atoms with Gasteiger partial charge in [0.15, 0.2) is 11.6 Å². The Kier molecular flexibility index (Phi) is 3.36. The molecule has 0 spiro atoms. The Morgan fingerprint density at radius 1 is 1.25 bits per heavy atom. The van der Waals surface area contributed by atoms with Crippen LogP contribution in [0.4, 0.5) is 8.78 Å². The number of fused-ring (bicyclic) bond motifs is 2. The normalized spacial score (nSPS) is 17.9. The van der Waals surface area contributed by atoms with Gasteiger partial charge in [-0.1, -0.05) is 32.4 Å². The standard InChI is InChI=1S/C17H18F2O/c1-3-4-11-5-6-12-8-13-7-10(2)9-20-17(13)16(19)14(12)15(11)18/h5-6,8,10H,3-4,7,9H2,1-2H3. The molecule has 0 aliphatic carbocycles. The molecule has 3 heteroatoms. The predicted molar refractivity (Wildman–Crippen MR) is 76.2 cm³/mol. The minimum Gasteiger partial charge on any atom is -0.490 e. The van der Waals surface area contributed by atoms with Gasteiger partial charge in [0, 0.05) is 0 Å². The summed E-state index contributed by atoms with van der Waals surface area (Å²) in [6, 6.07) is 5.44. The molecular formula is C17H18F2O. The van der Waals surface area contributed by atoms with Crippen LogP contribution >= 0.6 is 0 Å². The molecule has 3 rings (SSSR count). The summed E-state index contributed by atoms with van der Waals surface area (Å²) in [5.41, 5.74) is 1.42. The van der Waals surface area contributed by atoms with Gasteiger partial charge in [-0.2, -0.15) is 0 Å². The Bertz CT molecular complexity index is 664. The number of rotatable bonds is 2. The first-order chi connectivity index (χ1) is 9.61. The van der Waals surface area contributed by atoms with E-state index < -0.39 is 11.6 Å². The van der Waals surface area contributed by atoms with Gasteiger partial charge < -0.3 is 4.74 Å². The van der Waals surface area contributed by atoms with Crippen molar-refractivity contribution in [3.8, 4) is 5.75 Å². The smallest absolute Gasteiger partial charge is 0.176 e. The van der Waals surface area contributed by atoms with E-state index in [0.29, 0.717) is 29.9 Å². The molecule has 1 atom stereocenters. The predicted octanol–water partition coefficient (Wildman–Crippen LogP) is 4.64. The van der Waals surface area contributed by atoms with E-state index in [1.807, 2.05) is 19.1 Å². The molecule has 106 valence electrons. The number of hydrogen-bond acceptors (Lipinski definition) is 1. The van der Waals surface area contributed by atoms with Gasteiger partial charge in [0.25, 0.3) is 0 Å². The molecule has 1 aliphatic rings. The maximum absolute atomic E-state index is 14.6. The van der Waals surface area contributed by atoms with Crippen LogP contribution in [-0.4, -0.2) is 6.61 Å². The molecule has 0 saturated heterocycles. The highest BCUT2D eigenvalue weighted by molar-refractivity contribution is 5.87. The molecule has 20 heavy (non-hydrogen) atoms. The summed E-state index contributed by atoms with van der Waals surface area (Å²) < 4.78 is 34.5. The van der Waals surface area contributed by atoms with E-state index in [1.165, 1.54) is 0 Å². The van der Waals surface area contributed by atoms with Crippen LogP contribution in [0.2, 0.25) is 0 Å². The van der Waals surface area contributed by atoms with Crippen LogP contribution in [0.1, 0.15) is 31.4 Å². The van der Waals surface area contributed by atoms with Crippen LogP contribution in [0, 0.1) is 17.6 Å². The number of benzene rings is 2. The molecule has 1 nitrogen and oxygen atoms in total. The maximum atomic E-state index is 14.6. The van der Waals surface area contributed by atoms with Gasteiger partial charge in [0.2, 0.25) is 0 Å². The quantitative estimate of drug-likeness (QED) is 0.776. The lowest BCUT2D eigenvalue weighted by Crippen LogP contribution is -2.19. The topological polar surface area (TPSA) is 9.23 Å². The fraction of sp³-hybridized carbons (Fsp3) is 0.412. The second kappa shape index (κ2) is 5.04. The fourth-order valence-corrected chi connectivity index (χ4v) is 2.92. The number of halogens is 2. The van der Waals surface area contributed by atoms with E-state index in [0.717, 1.165) is 18.4 Å². The summed E-state index contributed by atoms with van der Waals surface area (Å²) in [6.45, 7) is 4.54. The average Bonchev–Trinajstić information content (AvgIpc) is 2.41. The van der Waals surface area contributed by atoms with E-state index in [9.17, 15) is 8.78 Å². The van der Waals surface area contributed by atoms with Crippen LogP contribution in [0.25, 0.3) is 10.8 Å². The number of hydrogen-bond donors (Lipinski definition) is 0. The van der Waals surface area contributed by atoms with Crippen molar-refractivity contribution in [2.75, 3.05) is 6.61 Å². The highest BCUT2D eigenvalue weighted by atomic mass is 19.1. The SMILES string of the molecule is CCCc1ccc2cc3c(c(F)c2c1F)OCC(C)C3. The Hall–Kier alpha value is -1.64. The summed E-state index contributed by atoms with van der Waals surface area (Å²) in [7, 11) is 0. The lowest BCUT2D eigenvalue weighted by molar-refractivity contribution is 0.224. The van der Waals surface area contributed by atoms with E-state index >= 15 is 0 Å². The molecule has 0 fully saturated rings. The first-order valence-corrected chi connectivity index (χ1v) is 7.17. The third kappa shape index (κ3) is 2.05. The van der Waals surface area contributed by atoms with Gasteiger partial charge in [0.05, 0.1) is 12.0 Å². The fourth-order valence-electron chi connectivity index (χ4n) is 2.92. The lowest BCUT2D eigenvalue weighted by atomic mass is 9.94. The molecule has 0 saturated carbocycles. The molecule has 1 unspecified atom stereocenters. The first kappa shape index (κ1) is 13.3. The molecule has 0 radical (unpaired) electrons. The molecule has 0 bridgehead atoms. The van der Waals surface area contributed by atoms with Crippen molar-refractivity contribution in [1.29, 1.82) is 0 Å². The Morgan fingerprint density at radius 2 is 2.05 bits per heavy atom. The highest BCUT2D eigenvalue weighted by Crippen LogP contribution is 2.37. The van der Waals surface area contributed by atoms with Crippen molar-refractivity contribution >= 4 is 10.8 Å². The molecule has 0 N–H and O–H groups in total. The van der Waals surface area contributed by atoms with Gasteiger partial charge in [-0.3, -0.25) is 0 Å². The molecular weight excluding hydrogens is 258 g/mol. The summed E-state index contributed by atoms with van der Waals surface area (Å²) in [4.78, 5) is 0. The monoisotopic (exact) mass is 276 g/mol. The minimum atomic E-state index is -0.542. The van der Waals surface area contributed by atoms with Crippen molar-refractivity contribution in [3.05, 3.63) is 41.0 Å². The van der Waals surface area contributed by atoms with E-state index in [4.69, 9.17) is 4.74 Å². The van der Waals surface area contributed by atoms with Gasteiger partial charge in [-0.15, -0.1) is 0 Å². The van der Waals surface area contributed by atoms with Crippen molar-refractivity contribution in [2.45, 2.75) is 33.1 Å². The van der Waals surface area contributed by atoms with Crippen molar-refractivity contribution < 1.29 is 13.5 Å². The molecule has 1 aliphatic heterocycles. The highest BCUT2D eigenvalue weighted by Gasteiger charge is 2.24. The zero-order chi connectivity index (χ0) is 14.3. The molecule has 1 heterocycles. The first-order valence-electron chi connectivity index (χ1n) is 7.17. The average molecular weight is 276 g/mol. The van der Waals surface area contributed by atoms with Crippen LogP contribution < -0.4 is 4.74 Å². The third-order valence-corrected chi connectivity index (χ3v) is 3.89. The summed E-state index contributed by atoms with van der Waals surface area (Å²) in [6.07, 6.45) is 2.24. The van der Waals surface area contributed by atoms with Crippen LogP contribution in [0.5, 0.6) is 5.75 Å². The largest absolute Gasteiger partial charge is 0.490 e. The van der Waals surface area contributed by atoms with E-state index in [1.54, 1.807) is 6.07 Å². The van der Waals surface area contributed by atoms with Gasteiger partial charge in [-0.25, -0.2) is 8.78 Å². The number of aryl methyl sites for hydroxylation is 1. The van der Waals surface area contributed by atoms with Gasteiger partial charge in [-0.05, 0) is 41.3 Å². The van der Waals surface area contributed by atoms with E-state index in [-0.39, 0.29) is 11.1 Å². The maximum Gasteiger partial charge on any atom is 0.176 e. The van der Waals surface area contributed by atoms with Crippen LogP contribution in [0.3, 0.4) is 0 Å². The Balaban J connectivity index is 2.24. The van der Waals surface area contributed by atoms with Crippen molar-refractivity contribution in [1.82, 2.24) is 0 Å². The molecule has 0 amide bonds. The summed E-state index contributed by atoms with van der Waals surface area (Å²) in [5, 5.41) is 0.695. The zero-order valence-electron chi connectivity index (χ0n) is 11.8. The summed E-state index contributed by atoms with van der Waals surface area (Å²) >= 11 is 0. The Labute approximate surface area is 117 Å². The molecule has 2 aromatic carbocycles. The zero-order valence-corrected chi connectivity index (χ0v) is 11.8. The van der Waals surface area contributed by atoms with Gasteiger partial charge in [0.1, 0.15) is 5.82 Å². The van der Waals surface area contributed by atoms with Crippen molar-refractivity contribution in [2.24, 2.45) is 5.92 Å².